The summed E-state index contributed by atoms with van der Waals surface area (Å²) in [5, 5.41) is 7.58. The van der Waals surface area contributed by atoms with Crippen LogP contribution in [0, 0.1) is 5.92 Å². The molecule has 0 amide bonds. The molecule has 1 aliphatic heterocycles. The van der Waals surface area contributed by atoms with E-state index in [1.165, 1.54) is 5.56 Å². The molecule has 2 heterocycles. The minimum absolute atomic E-state index is 0.595. The smallest absolute Gasteiger partial charge is 0.157 e. The number of nitrogens with one attached hydrogen (secondary N) is 1. The molecule has 1 aliphatic rings. The molecule has 1 fully saturated rings. The Balaban J connectivity index is 1.53. The van der Waals surface area contributed by atoms with Crippen LogP contribution in [-0.2, 0) is 13.2 Å². The van der Waals surface area contributed by atoms with Gasteiger partial charge in [-0.15, -0.1) is 0 Å². The van der Waals surface area contributed by atoms with E-state index in [1.54, 1.807) is 6.20 Å². The Morgan fingerprint density at radius 3 is 2.83 bits per heavy atom. The first-order valence-electron chi connectivity index (χ1n) is 6.30. The lowest BCUT2D eigenvalue weighted by Gasteiger charge is -2.26. The zero-order valence-corrected chi connectivity index (χ0v) is 10.2. The molecule has 1 aromatic carbocycles. The molecule has 4 nitrogen and oxygen atoms in total. The van der Waals surface area contributed by atoms with Crippen molar-refractivity contribution in [3.63, 3.8) is 0 Å². The zero-order valence-electron chi connectivity index (χ0n) is 10.2. The van der Waals surface area contributed by atoms with Crippen LogP contribution < -0.4 is 10.1 Å². The summed E-state index contributed by atoms with van der Waals surface area (Å²) in [5.41, 5.74) is 1.17. The molecule has 0 aliphatic carbocycles. The third-order valence-corrected chi connectivity index (χ3v) is 3.17. The quantitative estimate of drug-likeness (QED) is 0.868. The Bertz CT molecular complexity index is 491. The lowest BCUT2D eigenvalue weighted by atomic mass is 10.0. The van der Waals surface area contributed by atoms with E-state index in [-0.39, 0.29) is 0 Å². The van der Waals surface area contributed by atoms with Crippen molar-refractivity contribution in [1.29, 1.82) is 0 Å². The summed E-state index contributed by atoms with van der Waals surface area (Å²) < 4.78 is 7.67. The topological polar surface area (TPSA) is 39.1 Å². The summed E-state index contributed by atoms with van der Waals surface area (Å²) >= 11 is 0. The third-order valence-electron chi connectivity index (χ3n) is 3.17. The van der Waals surface area contributed by atoms with Gasteiger partial charge in [0, 0.05) is 25.6 Å². The van der Waals surface area contributed by atoms with Gasteiger partial charge < -0.3 is 10.1 Å². The van der Waals surface area contributed by atoms with Crippen LogP contribution in [-0.4, -0.2) is 22.9 Å². The van der Waals surface area contributed by atoms with Gasteiger partial charge in [-0.2, -0.15) is 5.10 Å². The van der Waals surface area contributed by atoms with Gasteiger partial charge in [0.25, 0.3) is 0 Å². The number of aromatic nitrogens is 2. The highest BCUT2D eigenvalue weighted by molar-refractivity contribution is 5.16. The van der Waals surface area contributed by atoms with Gasteiger partial charge in [-0.1, -0.05) is 30.3 Å². The van der Waals surface area contributed by atoms with E-state index in [2.05, 4.69) is 22.5 Å². The van der Waals surface area contributed by atoms with E-state index in [4.69, 9.17) is 4.74 Å². The van der Waals surface area contributed by atoms with Gasteiger partial charge in [0.15, 0.2) is 5.75 Å². The van der Waals surface area contributed by atoms with Gasteiger partial charge >= 0.3 is 0 Å². The lowest BCUT2D eigenvalue weighted by molar-refractivity contribution is 0.290. The van der Waals surface area contributed by atoms with Crippen molar-refractivity contribution in [2.75, 3.05) is 13.1 Å². The molecule has 1 aromatic heterocycles. The molecule has 2 aromatic rings. The van der Waals surface area contributed by atoms with E-state index >= 15 is 0 Å². The Morgan fingerprint density at radius 2 is 2.11 bits per heavy atom. The predicted octanol–water partition coefficient (Wildman–Crippen LogP) is 1.68. The lowest BCUT2D eigenvalue weighted by Crippen LogP contribution is -2.44. The van der Waals surface area contributed by atoms with Gasteiger partial charge in [-0.25, -0.2) is 0 Å². The molecule has 18 heavy (non-hydrogen) atoms. The normalized spacial score (nSPS) is 15.3. The molecule has 0 bridgehead atoms. The van der Waals surface area contributed by atoms with E-state index in [0.29, 0.717) is 12.5 Å². The van der Waals surface area contributed by atoms with Crippen molar-refractivity contribution >= 4 is 0 Å². The van der Waals surface area contributed by atoms with Crippen LogP contribution in [0.2, 0.25) is 0 Å². The highest BCUT2D eigenvalue weighted by Crippen LogP contribution is 2.13. The summed E-state index contributed by atoms with van der Waals surface area (Å²) in [4.78, 5) is 0. The number of nitrogens with zero attached hydrogens (tertiary/aromatic N) is 2. The first-order valence-corrected chi connectivity index (χ1v) is 6.30. The van der Waals surface area contributed by atoms with Crippen LogP contribution in [0.3, 0.4) is 0 Å². The molecular formula is C14H17N3O. The number of hydrogen-bond acceptors (Lipinski definition) is 3. The van der Waals surface area contributed by atoms with Gasteiger partial charge in [0.2, 0.25) is 0 Å². The van der Waals surface area contributed by atoms with E-state index in [0.717, 1.165) is 25.4 Å². The van der Waals surface area contributed by atoms with Crippen molar-refractivity contribution in [1.82, 2.24) is 15.1 Å². The minimum Gasteiger partial charge on any atom is -0.486 e. The predicted molar refractivity (Wildman–Crippen MR) is 69.4 cm³/mol. The molecule has 0 radical (unpaired) electrons. The Kier molecular flexibility index (Phi) is 3.28. The summed E-state index contributed by atoms with van der Waals surface area (Å²) in [6.07, 6.45) is 3.76. The second-order valence-electron chi connectivity index (χ2n) is 4.70. The third kappa shape index (κ3) is 2.71. The minimum atomic E-state index is 0.595. The molecule has 0 spiro atoms. The van der Waals surface area contributed by atoms with Crippen LogP contribution >= 0.6 is 0 Å². The van der Waals surface area contributed by atoms with Gasteiger partial charge in [0.1, 0.15) is 6.61 Å². The largest absolute Gasteiger partial charge is 0.486 e. The highest BCUT2D eigenvalue weighted by atomic mass is 16.5. The summed E-state index contributed by atoms with van der Waals surface area (Å²) in [6, 6.07) is 10.2. The van der Waals surface area contributed by atoms with Crippen molar-refractivity contribution in [3.05, 3.63) is 48.3 Å². The Hall–Kier alpha value is -1.81. The molecule has 0 saturated carbocycles. The van der Waals surface area contributed by atoms with Gasteiger partial charge in [0.05, 0.1) is 12.4 Å². The fraction of sp³-hybridized carbons (Fsp3) is 0.357. The number of rotatable bonds is 5. The fourth-order valence-corrected chi connectivity index (χ4v) is 2.00. The van der Waals surface area contributed by atoms with Gasteiger partial charge in [-0.3, -0.25) is 4.68 Å². The van der Waals surface area contributed by atoms with Crippen molar-refractivity contribution in [2.24, 2.45) is 5.92 Å². The maximum Gasteiger partial charge on any atom is 0.157 e. The molecule has 0 atom stereocenters. The van der Waals surface area contributed by atoms with E-state index in [1.807, 2.05) is 29.1 Å². The standard InChI is InChI=1S/C14H17N3O/c1-2-4-12(5-3-1)11-18-14-8-16-17(10-14)9-13-6-15-7-13/h1-5,8,10,13,15H,6-7,9,11H2. The van der Waals surface area contributed by atoms with Crippen molar-refractivity contribution < 1.29 is 4.74 Å². The zero-order chi connectivity index (χ0) is 12.2. The summed E-state index contributed by atoms with van der Waals surface area (Å²) in [7, 11) is 0. The molecule has 1 saturated heterocycles. The molecular weight excluding hydrogens is 226 g/mol. The number of hydrogen-bond donors (Lipinski definition) is 1. The second kappa shape index (κ2) is 5.23. The maximum atomic E-state index is 5.71. The monoisotopic (exact) mass is 243 g/mol. The van der Waals surface area contributed by atoms with Crippen molar-refractivity contribution in [3.8, 4) is 5.75 Å². The van der Waals surface area contributed by atoms with Crippen molar-refractivity contribution in [2.45, 2.75) is 13.2 Å². The molecule has 4 heteroatoms. The van der Waals surface area contributed by atoms with E-state index in [9.17, 15) is 0 Å². The second-order valence-corrected chi connectivity index (χ2v) is 4.70. The highest BCUT2D eigenvalue weighted by Gasteiger charge is 2.17. The maximum absolute atomic E-state index is 5.71. The Morgan fingerprint density at radius 1 is 1.28 bits per heavy atom. The molecule has 1 N–H and O–H groups in total. The molecule has 94 valence electrons. The van der Waals surface area contributed by atoms with Crippen LogP contribution in [0.25, 0.3) is 0 Å². The van der Waals surface area contributed by atoms with Crippen LogP contribution in [0.5, 0.6) is 5.75 Å². The Labute approximate surface area is 107 Å². The fourth-order valence-electron chi connectivity index (χ4n) is 2.00. The SMILES string of the molecule is c1ccc(COc2cnn(CC3CNC3)c2)cc1. The first kappa shape index (κ1) is 11.3. The number of benzene rings is 1. The molecule has 3 rings (SSSR count). The summed E-state index contributed by atoms with van der Waals surface area (Å²) in [5.74, 6) is 1.55. The molecule has 0 unspecified atom stereocenters. The average molecular weight is 243 g/mol. The van der Waals surface area contributed by atoms with Crippen LogP contribution in [0.4, 0.5) is 0 Å². The van der Waals surface area contributed by atoms with Gasteiger partial charge in [-0.05, 0) is 5.56 Å². The van der Waals surface area contributed by atoms with Crippen LogP contribution in [0.15, 0.2) is 42.7 Å². The first-order chi connectivity index (χ1) is 8.90. The van der Waals surface area contributed by atoms with Crippen LogP contribution in [0.1, 0.15) is 5.56 Å². The summed E-state index contributed by atoms with van der Waals surface area (Å²) in [6.45, 7) is 3.76. The number of ether oxygens (including phenoxy) is 1. The average Bonchev–Trinajstić information content (AvgIpc) is 2.81. The van der Waals surface area contributed by atoms with E-state index < -0.39 is 0 Å².